The van der Waals surface area contributed by atoms with Crippen molar-refractivity contribution in [2.45, 2.75) is 19.8 Å². The van der Waals surface area contributed by atoms with Gasteiger partial charge in [0.05, 0.1) is 17.0 Å². The molecule has 4 nitrogen and oxygen atoms in total. The number of nitrogens with zero attached hydrogens (tertiary/aromatic N) is 3. The highest BCUT2D eigenvalue weighted by atomic mass is 35.5. The van der Waals surface area contributed by atoms with E-state index in [1.54, 1.807) is 30.5 Å². The molecule has 126 valence electrons. The third-order valence-corrected chi connectivity index (χ3v) is 3.89. The van der Waals surface area contributed by atoms with Crippen molar-refractivity contribution >= 4 is 17.4 Å². The van der Waals surface area contributed by atoms with Crippen LogP contribution in [0.25, 0.3) is 11.3 Å². The van der Waals surface area contributed by atoms with Crippen LogP contribution in [0.1, 0.15) is 41.4 Å². The first-order chi connectivity index (χ1) is 12.0. The van der Waals surface area contributed by atoms with Crippen LogP contribution in [0.2, 0.25) is 5.28 Å². The Balaban J connectivity index is 2.27. The van der Waals surface area contributed by atoms with Crippen molar-refractivity contribution < 1.29 is 9.18 Å². The molecule has 0 saturated carbocycles. The van der Waals surface area contributed by atoms with Gasteiger partial charge in [0.2, 0.25) is 5.28 Å². The third-order valence-electron chi connectivity index (χ3n) is 3.73. The van der Waals surface area contributed by atoms with Crippen molar-refractivity contribution in [2.24, 2.45) is 0 Å². The fraction of sp³-hybridized carbons (Fsp3) is 0.158. The predicted octanol–water partition coefficient (Wildman–Crippen LogP) is 4.69. The molecule has 0 radical (unpaired) electrons. The van der Waals surface area contributed by atoms with Gasteiger partial charge < -0.3 is 0 Å². The molecule has 0 atom stereocenters. The van der Waals surface area contributed by atoms with Crippen LogP contribution in [0, 0.1) is 5.82 Å². The molecule has 2 aromatic heterocycles. The van der Waals surface area contributed by atoms with E-state index in [1.165, 1.54) is 18.3 Å². The summed E-state index contributed by atoms with van der Waals surface area (Å²) in [5.74, 6) is -0.656. The summed E-state index contributed by atoms with van der Waals surface area (Å²) in [4.78, 5) is 25.6. The molecule has 0 aliphatic heterocycles. The molecule has 0 unspecified atom stereocenters. The second kappa shape index (κ2) is 7.07. The Morgan fingerprint density at radius 3 is 2.44 bits per heavy atom. The minimum Gasteiger partial charge on any atom is -0.288 e. The molecular formula is C19H15ClFN3O. The predicted molar refractivity (Wildman–Crippen MR) is 94.2 cm³/mol. The fourth-order valence-electron chi connectivity index (χ4n) is 2.55. The number of halogens is 2. The van der Waals surface area contributed by atoms with Gasteiger partial charge >= 0.3 is 0 Å². The Labute approximate surface area is 149 Å². The maximum atomic E-state index is 13.3. The molecule has 0 aliphatic carbocycles. The molecule has 3 rings (SSSR count). The Morgan fingerprint density at radius 2 is 1.84 bits per heavy atom. The van der Waals surface area contributed by atoms with E-state index in [2.05, 4.69) is 15.0 Å². The third kappa shape index (κ3) is 3.56. The molecule has 0 saturated heterocycles. The minimum absolute atomic E-state index is 0.0460. The number of hydrogen-bond donors (Lipinski definition) is 0. The minimum atomic E-state index is -0.367. The van der Waals surface area contributed by atoms with Crippen molar-refractivity contribution in [1.82, 2.24) is 15.0 Å². The van der Waals surface area contributed by atoms with Gasteiger partial charge in [-0.15, -0.1) is 0 Å². The molecular weight excluding hydrogens is 341 g/mol. The molecule has 0 fully saturated rings. The number of ketones is 1. The summed E-state index contributed by atoms with van der Waals surface area (Å²) in [7, 11) is 0. The van der Waals surface area contributed by atoms with Gasteiger partial charge in [0.15, 0.2) is 5.78 Å². The molecule has 0 spiro atoms. The molecule has 2 heterocycles. The zero-order valence-electron chi connectivity index (χ0n) is 13.7. The van der Waals surface area contributed by atoms with Gasteiger partial charge in [0, 0.05) is 23.5 Å². The number of benzene rings is 1. The first-order valence-corrected chi connectivity index (χ1v) is 8.13. The molecule has 0 N–H and O–H groups in total. The monoisotopic (exact) mass is 355 g/mol. The van der Waals surface area contributed by atoms with E-state index in [9.17, 15) is 9.18 Å². The van der Waals surface area contributed by atoms with Crippen molar-refractivity contribution in [3.63, 3.8) is 0 Å². The van der Waals surface area contributed by atoms with E-state index in [-0.39, 0.29) is 22.8 Å². The van der Waals surface area contributed by atoms with Gasteiger partial charge in [-0.3, -0.25) is 9.78 Å². The smallest absolute Gasteiger partial charge is 0.223 e. The number of carbonyl (C=O) groups is 1. The van der Waals surface area contributed by atoms with Crippen LogP contribution in [0.5, 0.6) is 0 Å². The largest absolute Gasteiger partial charge is 0.288 e. The van der Waals surface area contributed by atoms with E-state index in [4.69, 9.17) is 11.6 Å². The summed E-state index contributed by atoms with van der Waals surface area (Å²) in [6, 6.07) is 9.15. The standard InChI is InChI=1S/C19H15ClFN3O/c1-11(2)16-15(18(25)13-4-3-9-22-10-13)17(24-19(20)23-16)12-5-7-14(21)8-6-12/h3-11H,1-2H3. The summed E-state index contributed by atoms with van der Waals surface area (Å²) in [6.45, 7) is 3.85. The lowest BCUT2D eigenvalue weighted by molar-refractivity contribution is 0.103. The Kier molecular flexibility index (Phi) is 4.86. The second-order valence-electron chi connectivity index (χ2n) is 5.83. The van der Waals surface area contributed by atoms with Crippen LogP contribution in [-0.4, -0.2) is 20.7 Å². The lowest BCUT2D eigenvalue weighted by Gasteiger charge is -2.15. The van der Waals surface area contributed by atoms with Gasteiger partial charge in [0.25, 0.3) is 0 Å². The maximum Gasteiger partial charge on any atom is 0.223 e. The topological polar surface area (TPSA) is 55.7 Å². The average molecular weight is 356 g/mol. The van der Waals surface area contributed by atoms with E-state index in [0.29, 0.717) is 28.1 Å². The van der Waals surface area contributed by atoms with E-state index < -0.39 is 0 Å². The second-order valence-corrected chi connectivity index (χ2v) is 6.17. The SMILES string of the molecule is CC(C)c1nc(Cl)nc(-c2ccc(F)cc2)c1C(=O)c1cccnc1. The zero-order valence-corrected chi connectivity index (χ0v) is 14.5. The lowest BCUT2D eigenvalue weighted by Crippen LogP contribution is -2.13. The Hall–Kier alpha value is -2.66. The number of rotatable bonds is 4. The summed E-state index contributed by atoms with van der Waals surface area (Å²) < 4.78 is 13.3. The fourth-order valence-corrected chi connectivity index (χ4v) is 2.73. The van der Waals surface area contributed by atoms with Crippen LogP contribution in [0.15, 0.2) is 48.8 Å². The van der Waals surface area contributed by atoms with Crippen molar-refractivity contribution in [3.05, 3.63) is 76.7 Å². The van der Waals surface area contributed by atoms with Crippen molar-refractivity contribution in [2.75, 3.05) is 0 Å². The molecule has 0 bridgehead atoms. The average Bonchev–Trinajstić information content (AvgIpc) is 2.61. The Morgan fingerprint density at radius 1 is 1.12 bits per heavy atom. The van der Waals surface area contributed by atoms with Crippen LogP contribution < -0.4 is 0 Å². The first-order valence-electron chi connectivity index (χ1n) is 7.75. The molecule has 0 amide bonds. The quantitative estimate of drug-likeness (QED) is 0.503. The van der Waals surface area contributed by atoms with E-state index in [0.717, 1.165) is 0 Å². The van der Waals surface area contributed by atoms with E-state index >= 15 is 0 Å². The summed E-state index contributed by atoms with van der Waals surface area (Å²) in [6.07, 6.45) is 3.09. The number of aromatic nitrogens is 3. The zero-order chi connectivity index (χ0) is 18.0. The molecule has 6 heteroatoms. The van der Waals surface area contributed by atoms with Gasteiger partial charge in [-0.25, -0.2) is 14.4 Å². The highest BCUT2D eigenvalue weighted by molar-refractivity contribution is 6.28. The lowest BCUT2D eigenvalue weighted by atomic mass is 9.93. The van der Waals surface area contributed by atoms with Crippen molar-refractivity contribution in [3.8, 4) is 11.3 Å². The normalized spacial score (nSPS) is 10.9. The summed E-state index contributed by atoms with van der Waals surface area (Å²) in [5, 5.41) is 0.0470. The van der Waals surface area contributed by atoms with Crippen molar-refractivity contribution in [1.29, 1.82) is 0 Å². The molecule has 1 aromatic carbocycles. The van der Waals surface area contributed by atoms with Gasteiger partial charge in [-0.2, -0.15) is 0 Å². The van der Waals surface area contributed by atoms with Crippen LogP contribution >= 0.6 is 11.6 Å². The maximum absolute atomic E-state index is 13.3. The molecule has 0 aliphatic rings. The number of hydrogen-bond acceptors (Lipinski definition) is 4. The highest BCUT2D eigenvalue weighted by Gasteiger charge is 2.24. The van der Waals surface area contributed by atoms with Gasteiger partial charge in [0.1, 0.15) is 5.82 Å². The summed E-state index contributed by atoms with van der Waals surface area (Å²) in [5.41, 5.74) is 2.32. The van der Waals surface area contributed by atoms with Gasteiger partial charge in [-0.05, 0) is 53.9 Å². The van der Waals surface area contributed by atoms with Gasteiger partial charge in [-0.1, -0.05) is 13.8 Å². The van der Waals surface area contributed by atoms with E-state index in [1.807, 2.05) is 13.8 Å². The molecule has 25 heavy (non-hydrogen) atoms. The van der Waals surface area contributed by atoms with Crippen LogP contribution in [0.3, 0.4) is 0 Å². The van der Waals surface area contributed by atoms with Crippen LogP contribution in [0.4, 0.5) is 4.39 Å². The number of carbonyl (C=O) groups excluding carboxylic acids is 1. The molecule has 3 aromatic rings. The Bertz CT molecular complexity index is 912. The highest BCUT2D eigenvalue weighted by Crippen LogP contribution is 2.31. The first kappa shape index (κ1) is 17.2. The van der Waals surface area contributed by atoms with Crippen LogP contribution in [-0.2, 0) is 0 Å². The summed E-state index contributed by atoms with van der Waals surface area (Å²) >= 11 is 6.08. The number of pyridine rings is 1.